The van der Waals surface area contributed by atoms with Gasteiger partial charge in [-0.3, -0.25) is 0 Å². The average Bonchev–Trinajstić information content (AvgIpc) is 2.90. The third kappa shape index (κ3) is 2.13. The minimum Gasteiger partial charge on any atom is -0.496 e. The van der Waals surface area contributed by atoms with E-state index in [-0.39, 0.29) is 0 Å². The standard InChI is InChI=1S/C16H13NOS/c1-3-11-10-12(8-9-14(11)18-2)16-17-13-6-4-5-7-15(13)19-16/h3-10H,1H2,2H3. The molecule has 0 fully saturated rings. The fourth-order valence-corrected chi connectivity index (χ4v) is 2.98. The highest BCUT2D eigenvalue weighted by Gasteiger charge is 2.08. The maximum Gasteiger partial charge on any atom is 0.126 e. The highest BCUT2D eigenvalue weighted by Crippen LogP contribution is 2.32. The summed E-state index contributed by atoms with van der Waals surface area (Å²) in [5.41, 5.74) is 3.12. The number of aromatic nitrogens is 1. The Morgan fingerprint density at radius 3 is 2.79 bits per heavy atom. The molecule has 0 amide bonds. The van der Waals surface area contributed by atoms with Crippen molar-refractivity contribution >= 4 is 27.6 Å². The van der Waals surface area contributed by atoms with Gasteiger partial charge in [0.1, 0.15) is 10.8 Å². The maximum absolute atomic E-state index is 5.30. The molecule has 3 heteroatoms. The van der Waals surface area contributed by atoms with Crippen molar-refractivity contribution in [3.8, 4) is 16.3 Å². The zero-order valence-corrected chi connectivity index (χ0v) is 11.4. The van der Waals surface area contributed by atoms with Crippen molar-refractivity contribution in [2.24, 2.45) is 0 Å². The molecule has 0 N–H and O–H groups in total. The Morgan fingerprint density at radius 2 is 2.05 bits per heavy atom. The molecule has 0 radical (unpaired) electrons. The number of nitrogens with zero attached hydrogens (tertiary/aromatic N) is 1. The lowest BCUT2D eigenvalue weighted by Crippen LogP contribution is -1.87. The van der Waals surface area contributed by atoms with Crippen LogP contribution in [0.2, 0.25) is 0 Å². The van der Waals surface area contributed by atoms with Crippen molar-refractivity contribution in [3.63, 3.8) is 0 Å². The summed E-state index contributed by atoms with van der Waals surface area (Å²) in [6.07, 6.45) is 1.80. The van der Waals surface area contributed by atoms with E-state index in [0.717, 1.165) is 27.4 Å². The van der Waals surface area contributed by atoms with Crippen LogP contribution in [0.3, 0.4) is 0 Å². The summed E-state index contributed by atoms with van der Waals surface area (Å²) in [5.74, 6) is 0.833. The smallest absolute Gasteiger partial charge is 0.126 e. The van der Waals surface area contributed by atoms with E-state index in [2.05, 4.69) is 23.7 Å². The number of benzene rings is 2. The minimum atomic E-state index is 0.833. The van der Waals surface area contributed by atoms with Gasteiger partial charge in [-0.1, -0.05) is 24.8 Å². The normalized spacial score (nSPS) is 10.6. The first kappa shape index (κ1) is 11.9. The number of hydrogen-bond acceptors (Lipinski definition) is 3. The molecule has 0 saturated heterocycles. The zero-order valence-electron chi connectivity index (χ0n) is 10.6. The quantitative estimate of drug-likeness (QED) is 0.691. The van der Waals surface area contributed by atoms with Crippen molar-refractivity contribution in [2.75, 3.05) is 7.11 Å². The Balaban J connectivity index is 2.13. The minimum absolute atomic E-state index is 0.833. The Labute approximate surface area is 116 Å². The highest BCUT2D eigenvalue weighted by atomic mass is 32.1. The monoisotopic (exact) mass is 267 g/mol. The molecule has 3 aromatic rings. The molecular formula is C16H13NOS. The van der Waals surface area contributed by atoms with E-state index in [4.69, 9.17) is 4.74 Å². The largest absolute Gasteiger partial charge is 0.496 e. The summed E-state index contributed by atoms with van der Waals surface area (Å²) in [5, 5.41) is 1.02. The van der Waals surface area contributed by atoms with Crippen LogP contribution in [0.5, 0.6) is 5.75 Å². The molecule has 0 atom stereocenters. The van der Waals surface area contributed by atoms with Gasteiger partial charge in [0.25, 0.3) is 0 Å². The number of rotatable bonds is 3. The molecule has 2 nitrogen and oxygen atoms in total. The van der Waals surface area contributed by atoms with E-state index < -0.39 is 0 Å². The van der Waals surface area contributed by atoms with Gasteiger partial charge in [0.05, 0.1) is 17.3 Å². The van der Waals surface area contributed by atoms with Crippen LogP contribution < -0.4 is 4.74 Å². The number of ether oxygens (including phenoxy) is 1. The molecule has 1 heterocycles. The number of methoxy groups -OCH3 is 1. The third-order valence-electron chi connectivity index (χ3n) is 2.99. The Bertz CT molecular complexity index is 712. The lowest BCUT2D eigenvalue weighted by atomic mass is 10.1. The summed E-state index contributed by atoms with van der Waals surface area (Å²) in [6.45, 7) is 3.82. The molecule has 19 heavy (non-hydrogen) atoms. The number of hydrogen-bond donors (Lipinski definition) is 0. The molecule has 3 rings (SSSR count). The first-order valence-electron chi connectivity index (χ1n) is 5.98. The summed E-state index contributed by atoms with van der Waals surface area (Å²) < 4.78 is 6.50. The fraction of sp³-hybridized carbons (Fsp3) is 0.0625. The van der Waals surface area contributed by atoms with E-state index in [9.17, 15) is 0 Å². The molecule has 94 valence electrons. The van der Waals surface area contributed by atoms with Crippen LogP contribution in [0.1, 0.15) is 5.56 Å². The van der Waals surface area contributed by atoms with Crippen molar-refractivity contribution in [3.05, 3.63) is 54.6 Å². The highest BCUT2D eigenvalue weighted by molar-refractivity contribution is 7.21. The van der Waals surface area contributed by atoms with E-state index in [1.54, 1.807) is 24.5 Å². The van der Waals surface area contributed by atoms with Crippen LogP contribution in [0.25, 0.3) is 26.9 Å². The molecule has 2 aromatic carbocycles. The van der Waals surface area contributed by atoms with Crippen LogP contribution in [-0.2, 0) is 0 Å². The Morgan fingerprint density at radius 1 is 1.21 bits per heavy atom. The maximum atomic E-state index is 5.30. The SMILES string of the molecule is C=Cc1cc(-c2nc3ccccc3s2)ccc1OC. The van der Waals surface area contributed by atoms with Crippen LogP contribution in [0.15, 0.2) is 49.0 Å². The molecule has 1 aromatic heterocycles. The van der Waals surface area contributed by atoms with Gasteiger partial charge in [-0.15, -0.1) is 11.3 Å². The molecule has 0 aliphatic heterocycles. The summed E-state index contributed by atoms with van der Waals surface area (Å²) in [6, 6.07) is 14.2. The van der Waals surface area contributed by atoms with Gasteiger partial charge in [0, 0.05) is 11.1 Å². The van der Waals surface area contributed by atoms with Crippen molar-refractivity contribution in [1.29, 1.82) is 0 Å². The van der Waals surface area contributed by atoms with Crippen LogP contribution >= 0.6 is 11.3 Å². The Kier molecular flexibility index (Phi) is 3.05. The molecule has 0 aliphatic rings. The van der Waals surface area contributed by atoms with Gasteiger partial charge in [0.2, 0.25) is 0 Å². The predicted octanol–water partition coefficient (Wildman–Crippen LogP) is 4.61. The van der Waals surface area contributed by atoms with Gasteiger partial charge >= 0.3 is 0 Å². The lowest BCUT2D eigenvalue weighted by molar-refractivity contribution is 0.414. The van der Waals surface area contributed by atoms with Crippen LogP contribution in [0, 0.1) is 0 Å². The number of para-hydroxylation sites is 1. The first-order chi connectivity index (χ1) is 9.31. The second-order valence-corrected chi connectivity index (χ2v) is 5.18. The summed E-state index contributed by atoms with van der Waals surface area (Å²) >= 11 is 1.70. The van der Waals surface area contributed by atoms with Crippen molar-refractivity contribution < 1.29 is 4.74 Å². The van der Waals surface area contributed by atoms with Gasteiger partial charge in [-0.2, -0.15) is 0 Å². The Hall–Kier alpha value is -2.13. The third-order valence-corrected chi connectivity index (χ3v) is 4.08. The van der Waals surface area contributed by atoms with Gasteiger partial charge < -0.3 is 4.74 Å². The average molecular weight is 267 g/mol. The van der Waals surface area contributed by atoms with Gasteiger partial charge in [-0.05, 0) is 30.3 Å². The molecule has 0 unspecified atom stereocenters. The van der Waals surface area contributed by atoms with E-state index in [0.29, 0.717) is 0 Å². The molecule has 0 bridgehead atoms. The second kappa shape index (κ2) is 4.86. The molecule has 0 saturated carbocycles. The van der Waals surface area contributed by atoms with E-state index in [1.807, 2.05) is 30.3 Å². The van der Waals surface area contributed by atoms with Crippen LogP contribution in [0.4, 0.5) is 0 Å². The van der Waals surface area contributed by atoms with E-state index >= 15 is 0 Å². The van der Waals surface area contributed by atoms with Crippen molar-refractivity contribution in [2.45, 2.75) is 0 Å². The zero-order chi connectivity index (χ0) is 13.2. The van der Waals surface area contributed by atoms with Crippen LogP contribution in [-0.4, -0.2) is 12.1 Å². The molecular weight excluding hydrogens is 254 g/mol. The fourth-order valence-electron chi connectivity index (χ4n) is 2.02. The second-order valence-electron chi connectivity index (χ2n) is 4.15. The predicted molar refractivity (Wildman–Crippen MR) is 81.7 cm³/mol. The number of fused-ring (bicyclic) bond motifs is 1. The van der Waals surface area contributed by atoms with Gasteiger partial charge in [0.15, 0.2) is 0 Å². The van der Waals surface area contributed by atoms with E-state index in [1.165, 1.54) is 4.70 Å². The number of thiazole rings is 1. The summed E-state index contributed by atoms with van der Waals surface area (Å²) in [7, 11) is 1.67. The first-order valence-corrected chi connectivity index (χ1v) is 6.80. The lowest BCUT2D eigenvalue weighted by Gasteiger charge is -2.05. The molecule has 0 aliphatic carbocycles. The summed E-state index contributed by atoms with van der Waals surface area (Å²) in [4.78, 5) is 4.66. The van der Waals surface area contributed by atoms with Crippen molar-refractivity contribution in [1.82, 2.24) is 4.98 Å². The molecule has 0 spiro atoms. The van der Waals surface area contributed by atoms with Gasteiger partial charge in [-0.25, -0.2) is 4.98 Å². The topological polar surface area (TPSA) is 22.1 Å².